The molecule has 1 heterocycles. The average Bonchev–Trinajstić information content (AvgIpc) is 2.70. The lowest BCUT2D eigenvalue weighted by molar-refractivity contribution is -0.150. The molecule has 3 rings (SSSR count). The van der Waals surface area contributed by atoms with Crippen LogP contribution in [-0.2, 0) is 16.0 Å². The van der Waals surface area contributed by atoms with Gasteiger partial charge in [-0.1, -0.05) is 24.6 Å². The van der Waals surface area contributed by atoms with Gasteiger partial charge in [0.05, 0.1) is 12.0 Å². The third kappa shape index (κ3) is 4.04. The minimum atomic E-state index is -0.958. The lowest BCUT2D eigenvalue weighted by Crippen LogP contribution is -2.28. The van der Waals surface area contributed by atoms with Crippen molar-refractivity contribution in [3.63, 3.8) is 0 Å². The summed E-state index contributed by atoms with van der Waals surface area (Å²) >= 11 is 5.97. The van der Waals surface area contributed by atoms with Crippen LogP contribution in [0.1, 0.15) is 26.3 Å². The summed E-state index contributed by atoms with van der Waals surface area (Å²) < 4.78 is 16.7. The van der Waals surface area contributed by atoms with Crippen molar-refractivity contribution in [3.8, 4) is 17.1 Å². The molecular formula is C22H21ClO5. The fraction of sp³-hybridized carbons (Fsp3) is 0.273. The van der Waals surface area contributed by atoms with Crippen LogP contribution in [0.4, 0.5) is 0 Å². The first-order chi connectivity index (χ1) is 13.4. The number of ether oxygens (including phenoxy) is 2. The lowest BCUT2D eigenvalue weighted by Gasteiger charge is -2.16. The molecule has 2 aromatic carbocycles. The van der Waals surface area contributed by atoms with E-state index in [2.05, 4.69) is 0 Å². The Morgan fingerprint density at radius 3 is 2.50 bits per heavy atom. The zero-order valence-electron chi connectivity index (χ0n) is 16.0. The number of esters is 1. The highest BCUT2D eigenvalue weighted by atomic mass is 35.5. The van der Waals surface area contributed by atoms with Gasteiger partial charge in [-0.05, 0) is 62.2 Å². The molecule has 0 fully saturated rings. The zero-order chi connectivity index (χ0) is 20.3. The average molecular weight is 401 g/mol. The Labute approximate surface area is 167 Å². The van der Waals surface area contributed by atoms with Gasteiger partial charge in [0.2, 0.25) is 11.2 Å². The standard InChI is InChI=1S/C22H21ClO5/c1-4-14-6-11-18-17(12-14)19(24)21(27-13(3)22(25)26-5-2)20(28-18)15-7-9-16(23)10-8-15/h6-13H,4-5H2,1-3H3. The molecular weight excluding hydrogens is 380 g/mol. The van der Waals surface area contributed by atoms with Gasteiger partial charge < -0.3 is 13.9 Å². The van der Waals surface area contributed by atoms with Gasteiger partial charge in [-0.15, -0.1) is 0 Å². The fourth-order valence-electron chi connectivity index (χ4n) is 2.83. The maximum absolute atomic E-state index is 13.2. The van der Waals surface area contributed by atoms with Gasteiger partial charge in [-0.2, -0.15) is 0 Å². The van der Waals surface area contributed by atoms with Gasteiger partial charge >= 0.3 is 5.97 Å². The van der Waals surface area contributed by atoms with Crippen LogP contribution in [0, 0.1) is 0 Å². The molecule has 1 atom stereocenters. The van der Waals surface area contributed by atoms with Gasteiger partial charge in [-0.25, -0.2) is 4.79 Å². The van der Waals surface area contributed by atoms with Crippen LogP contribution < -0.4 is 10.2 Å². The summed E-state index contributed by atoms with van der Waals surface area (Å²) in [5.41, 5.74) is 1.73. The van der Waals surface area contributed by atoms with Crippen molar-refractivity contribution in [1.82, 2.24) is 0 Å². The van der Waals surface area contributed by atoms with Crippen LogP contribution in [0.5, 0.6) is 5.75 Å². The highest BCUT2D eigenvalue weighted by Gasteiger charge is 2.23. The van der Waals surface area contributed by atoms with Crippen molar-refractivity contribution in [2.45, 2.75) is 33.3 Å². The van der Waals surface area contributed by atoms with Gasteiger partial charge in [0.1, 0.15) is 5.58 Å². The first-order valence-electron chi connectivity index (χ1n) is 9.13. The molecule has 0 radical (unpaired) electrons. The minimum absolute atomic E-state index is 0.0244. The van der Waals surface area contributed by atoms with Crippen LogP contribution in [0.15, 0.2) is 51.7 Å². The van der Waals surface area contributed by atoms with Crippen LogP contribution in [0.2, 0.25) is 5.02 Å². The normalized spacial score (nSPS) is 12.0. The Balaban J connectivity index is 2.19. The number of hydrogen-bond acceptors (Lipinski definition) is 5. The summed E-state index contributed by atoms with van der Waals surface area (Å²) in [5, 5.41) is 0.963. The molecule has 0 N–H and O–H groups in total. The zero-order valence-corrected chi connectivity index (χ0v) is 16.7. The predicted molar refractivity (Wildman–Crippen MR) is 109 cm³/mol. The summed E-state index contributed by atoms with van der Waals surface area (Å²) in [7, 11) is 0. The topological polar surface area (TPSA) is 65.7 Å². The Hall–Kier alpha value is -2.79. The van der Waals surface area contributed by atoms with E-state index in [1.807, 2.05) is 13.0 Å². The summed E-state index contributed by atoms with van der Waals surface area (Å²) in [6.45, 7) is 5.48. The van der Waals surface area contributed by atoms with Crippen molar-refractivity contribution < 1.29 is 18.7 Å². The predicted octanol–water partition coefficient (Wildman–Crippen LogP) is 5.01. The number of benzene rings is 2. The third-order valence-electron chi connectivity index (χ3n) is 4.34. The Bertz CT molecular complexity index is 1050. The summed E-state index contributed by atoms with van der Waals surface area (Å²) in [4.78, 5) is 25.2. The number of rotatable bonds is 6. The Kier molecular flexibility index (Phi) is 6.05. The second kappa shape index (κ2) is 8.48. The molecule has 1 unspecified atom stereocenters. The first kappa shape index (κ1) is 20.0. The van der Waals surface area contributed by atoms with Crippen LogP contribution in [-0.4, -0.2) is 18.7 Å². The number of carbonyl (C=O) groups excluding carboxylic acids is 1. The van der Waals surface area contributed by atoms with Crippen molar-refractivity contribution >= 4 is 28.5 Å². The van der Waals surface area contributed by atoms with E-state index in [-0.39, 0.29) is 23.5 Å². The van der Waals surface area contributed by atoms with E-state index in [9.17, 15) is 9.59 Å². The molecule has 3 aromatic rings. The molecule has 0 saturated heterocycles. The Morgan fingerprint density at radius 2 is 1.86 bits per heavy atom. The van der Waals surface area contributed by atoms with E-state index in [1.165, 1.54) is 6.92 Å². The molecule has 6 heteroatoms. The van der Waals surface area contributed by atoms with E-state index in [0.717, 1.165) is 12.0 Å². The molecule has 146 valence electrons. The second-order valence-electron chi connectivity index (χ2n) is 6.29. The van der Waals surface area contributed by atoms with Crippen molar-refractivity contribution in [2.24, 2.45) is 0 Å². The second-order valence-corrected chi connectivity index (χ2v) is 6.73. The van der Waals surface area contributed by atoms with Gasteiger partial charge in [0, 0.05) is 10.6 Å². The SMILES string of the molecule is CCOC(=O)C(C)Oc1c(-c2ccc(Cl)cc2)oc2ccc(CC)cc2c1=O. The summed E-state index contributed by atoms with van der Waals surface area (Å²) in [6.07, 6.45) is -0.176. The van der Waals surface area contributed by atoms with E-state index >= 15 is 0 Å². The van der Waals surface area contributed by atoms with Gasteiger partial charge in [0.25, 0.3) is 0 Å². The Morgan fingerprint density at radius 1 is 1.14 bits per heavy atom. The monoisotopic (exact) mass is 400 g/mol. The molecule has 0 bridgehead atoms. The molecule has 0 aliphatic heterocycles. The van der Waals surface area contributed by atoms with Crippen molar-refractivity contribution in [2.75, 3.05) is 6.61 Å². The maximum Gasteiger partial charge on any atom is 0.347 e. The van der Waals surface area contributed by atoms with Crippen LogP contribution in [0.25, 0.3) is 22.3 Å². The molecule has 5 nitrogen and oxygen atoms in total. The quantitative estimate of drug-likeness (QED) is 0.544. The number of halogens is 1. The van der Waals surface area contributed by atoms with E-state index < -0.39 is 12.1 Å². The number of fused-ring (bicyclic) bond motifs is 1. The number of hydrogen-bond donors (Lipinski definition) is 0. The number of carbonyl (C=O) groups is 1. The van der Waals surface area contributed by atoms with E-state index in [0.29, 0.717) is 21.6 Å². The molecule has 0 spiro atoms. The molecule has 0 saturated carbocycles. The smallest absolute Gasteiger partial charge is 0.347 e. The van der Waals surface area contributed by atoms with E-state index in [4.69, 9.17) is 25.5 Å². The fourth-order valence-corrected chi connectivity index (χ4v) is 2.95. The van der Waals surface area contributed by atoms with Crippen LogP contribution in [0.3, 0.4) is 0 Å². The molecule has 28 heavy (non-hydrogen) atoms. The molecule has 0 aliphatic rings. The molecule has 0 amide bonds. The maximum atomic E-state index is 13.2. The van der Waals surface area contributed by atoms with Crippen molar-refractivity contribution in [3.05, 3.63) is 63.3 Å². The first-order valence-corrected chi connectivity index (χ1v) is 9.51. The largest absolute Gasteiger partial charge is 0.471 e. The third-order valence-corrected chi connectivity index (χ3v) is 4.59. The highest BCUT2D eigenvalue weighted by Crippen LogP contribution is 2.32. The molecule has 1 aromatic heterocycles. The van der Waals surface area contributed by atoms with Gasteiger partial charge in [0.15, 0.2) is 11.9 Å². The number of aryl methyl sites for hydroxylation is 1. The summed E-state index contributed by atoms with van der Waals surface area (Å²) in [6, 6.07) is 12.3. The molecule has 0 aliphatic carbocycles. The summed E-state index contributed by atoms with van der Waals surface area (Å²) in [5.74, 6) is -0.329. The van der Waals surface area contributed by atoms with Crippen LogP contribution >= 0.6 is 11.6 Å². The van der Waals surface area contributed by atoms with Gasteiger partial charge in [-0.3, -0.25) is 4.79 Å². The van der Waals surface area contributed by atoms with Crippen molar-refractivity contribution in [1.29, 1.82) is 0 Å². The van der Waals surface area contributed by atoms with E-state index in [1.54, 1.807) is 43.3 Å². The highest BCUT2D eigenvalue weighted by molar-refractivity contribution is 6.30. The lowest BCUT2D eigenvalue weighted by atomic mass is 10.1. The minimum Gasteiger partial charge on any atom is -0.471 e.